The lowest BCUT2D eigenvalue weighted by Crippen LogP contribution is -2.33. The highest BCUT2D eigenvalue weighted by atomic mass is 35.5. The molecule has 3 rings (SSSR count). The second-order valence-electron chi connectivity index (χ2n) is 5.18. The molecule has 9 heteroatoms. The van der Waals surface area contributed by atoms with Crippen LogP contribution in [0.25, 0.3) is 0 Å². The zero-order valence-corrected chi connectivity index (χ0v) is 15.5. The molecule has 130 valence electrons. The van der Waals surface area contributed by atoms with E-state index in [-0.39, 0.29) is 10.6 Å². The Bertz CT molecular complexity index is 911. The monoisotopic (exact) mass is 399 g/mol. The molecule has 0 amide bonds. The molecule has 1 unspecified atom stereocenters. The van der Waals surface area contributed by atoms with E-state index in [1.165, 1.54) is 36.6 Å². The van der Waals surface area contributed by atoms with Gasteiger partial charge in [0.25, 0.3) is 0 Å². The number of amidine groups is 1. The van der Waals surface area contributed by atoms with Gasteiger partial charge in [0.2, 0.25) is 0 Å². The molecule has 25 heavy (non-hydrogen) atoms. The van der Waals surface area contributed by atoms with E-state index in [1.54, 1.807) is 12.4 Å². The maximum atomic E-state index is 13.4. The molecule has 5 nitrogen and oxygen atoms in total. The number of esters is 1. The van der Waals surface area contributed by atoms with Gasteiger partial charge in [-0.05, 0) is 19.1 Å². The van der Waals surface area contributed by atoms with Gasteiger partial charge in [0.1, 0.15) is 21.9 Å². The molecule has 0 bridgehead atoms. The summed E-state index contributed by atoms with van der Waals surface area (Å²) >= 11 is 13.6. The van der Waals surface area contributed by atoms with Crippen LogP contribution in [0.5, 0.6) is 0 Å². The van der Waals surface area contributed by atoms with Crippen molar-refractivity contribution in [3.63, 3.8) is 0 Å². The molecular weight excluding hydrogens is 388 g/mol. The number of halogens is 3. The smallest absolute Gasteiger partial charge is 0.338 e. The third kappa shape index (κ3) is 3.40. The SMILES string of the molecule is COC(=O)C1=C(C)NC(c2ncsc2Cl)=NC1c1ccc(F)cc1Cl. The number of nitrogens with zero attached hydrogens (tertiary/aromatic N) is 2. The maximum Gasteiger partial charge on any atom is 0.338 e. The number of allylic oxidation sites excluding steroid dienone is 1. The molecule has 0 spiro atoms. The van der Waals surface area contributed by atoms with Crippen LogP contribution in [-0.4, -0.2) is 23.9 Å². The summed E-state index contributed by atoms with van der Waals surface area (Å²) in [5, 5.41) is 3.19. The van der Waals surface area contributed by atoms with E-state index in [0.717, 1.165) is 0 Å². The lowest BCUT2D eigenvalue weighted by atomic mass is 9.95. The Morgan fingerprint density at radius 1 is 1.40 bits per heavy atom. The minimum atomic E-state index is -0.769. The average Bonchev–Trinajstić information content (AvgIpc) is 2.99. The van der Waals surface area contributed by atoms with E-state index in [2.05, 4.69) is 15.3 Å². The van der Waals surface area contributed by atoms with Crippen molar-refractivity contribution in [2.45, 2.75) is 13.0 Å². The van der Waals surface area contributed by atoms with Crippen LogP contribution in [0.4, 0.5) is 4.39 Å². The van der Waals surface area contributed by atoms with Gasteiger partial charge in [0.05, 0.1) is 18.2 Å². The molecule has 2 heterocycles. The van der Waals surface area contributed by atoms with Crippen LogP contribution in [0, 0.1) is 5.82 Å². The Morgan fingerprint density at radius 3 is 2.76 bits per heavy atom. The minimum absolute atomic E-state index is 0.161. The van der Waals surface area contributed by atoms with E-state index in [4.69, 9.17) is 27.9 Å². The fraction of sp³-hybridized carbons (Fsp3) is 0.188. The fourth-order valence-corrected chi connectivity index (χ4v) is 3.55. The van der Waals surface area contributed by atoms with Crippen LogP contribution in [0.1, 0.15) is 24.2 Å². The highest BCUT2D eigenvalue weighted by Crippen LogP contribution is 2.36. The number of benzene rings is 1. The van der Waals surface area contributed by atoms with E-state index in [1.807, 2.05) is 0 Å². The molecule has 1 aliphatic rings. The number of nitrogens with one attached hydrogen (secondary N) is 1. The Labute approximate surface area is 157 Å². The maximum absolute atomic E-state index is 13.4. The molecule has 2 aromatic rings. The standard InChI is InChI=1S/C16H12Cl2FN3O2S/c1-7-11(16(23)24-2)12(9-4-3-8(19)5-10(9)17)22-15(21-7)13-14(18)25-6-20-13/h3-6,12H,1-2H3,(H,21,22). The average molecular weight is 400 g/mol. The number of hydrogen-bond donors (Lipinski definition) is 1. The summed E-state index contributed by atoms with van der Waals surface area (Å²) in [7, 11) is 1.28. The number of ether oxygens (including phenoxy) is 1. The number of thiazole rings is 1. The van der Waals surface area contributed by atoms with E-state index in [0.29, 0.717) is 27.1 Å². The van der Waals surface area contributed by atoms with Crippen molar-refractivity contribution in [3.8, 4) is 0 Å². The molecule has 0 radical (unpaired) electrons. The largest absolute Gasteiger partial charge is 0.466 e. The van der Waals surface area contributed by atoms with Crippen molar-refractivity contribution in [3.05, 3.63) is 61.4 Å². The third-order valence-electron chi connectivity index (χ3n) is 3.65. The first kappa shape index (κ1) is 17.8. The number of carbonyl (C=O) groups is 1. The van der Waals surface area contributed by atoms with Gasteiger partial charge >= 0.3 is 5.97 Å². The van der Waals surface area contributed by atoms with Crippen LogP contribution in [0.15, 0.2) is 40.0 Å². The van der Waals surface area contributed by atoms with Crippen LogP contribution >= 0.6 is 34.5 Å². The van der Waals surface area contributed by atoms with Crippen molar-refractivity contribution < 1.29 is 13.9 Å². The zero-order valence-electron chi connectivity index (χ0n) is 13.1. The molecular formula is C16H12Cl2FN3O2S. The zero-order chi connectivity index (χ0) is 18.1. The number of carbonyl (C=O) groups excluding carboxylic acids is 1. The van der Waals surface area contributed by atoms with Gasteiger partial charge in [-0.3, -0.25) is 4.99 Å². The summed E-state index contributed by atoms with van der Waals surface area (Å²) in [6.07, 6.45) is 0. The van der Waals surface area contributed by atoms with Gasteiger partial charge in [0, 0.05) is 16.3 Å². The summed E-state index contributed by atoms with van der Waals surface area (Å²) in [6, 6.07) is 3.16. The Kier molecular flexibility index (Phi) is 5.08. The first-order chi connectivity index (χ1) is 11.9. The summed E-state index contributed by atoms with van der Waals surface area (Å²) in [5.74, 6) is -0.626. The number of hydrogen-bond acceptors (Lipinski definition) is 6. The Morgan fingerprint density at radius 2 is 2.16 bits per heavy atom. The molecule has 1 aromatic heterocycles. The molecule has 0 saturated carbocycles. The molecule has 0 saturated heterocycles. The lowest BCUT2D eigenvalue weighted by molar-refractivity contribution is -0.136. The topological polar surface area (TPSA) is 63.6 Å². The third-order valence-corrected chi connectivity index (χ3v) is 5.04. The van der Waals surface area contributed by atoms with Crippen molar-refractivity contribution >= 4 is 46.3 Å². The van der Waals surface area contributed by atoms with Crippen LogP contribution in [-0.2, 0) is 9.53 Å². The van der Waals surface area contributed by atoms with Crippen LogP contribution < -0.4 is 5.32 Å². The summed E-state index contributed by atoms with van der Waals surface area (Å²) in [5.41, 5.74) is 3.36. The summed E-state index contributed by atoms with van der Waals surface area (Å²) < 4.78 is 18.7. The van der Waals surface area contributed by atoms with E-state index < -0.39 is 17.8 Å². The van der Waals surface area contributed by atoms with Gasteiger partial charge in [-0.15, -0.1) is 11.3 Å². The summed E-state index contributed by atoms with van der Waals surface area (Å²) in [6.45, 7) is 1.71. The second kappa shape index (κ2) is 7.11. The van der Waals surface area contributed by atoms with Crippen molar-refractivity contribution in [1.29, 1.82) is 0 Å². The first-order valence-electron chi connectivity index (χ1n) is 7.10. The van der Waals surface area contributed by atoms with Crippen molar-refractivity contribution in [2.75, 3.05) is 7.11 Å². The number of aliphatic imine (C=N–C) groups is 1. The van der Waals surface area contributed by atoms with Crippen LogP contribution in [0.3, 0.4) is 0 Å². The quantitative estimate of drug-likeness (QED) is 0.788. The highest BCUT2D eigenvalue weighted by Gasteiger charge is 2.32. The van der Waals surface area contributed by atoms with Crippen molar-refractivity contribution in [2.24, 2.45) is 4.99 Å². The van der Waals surface area contributed by atoms with E-state index in [9.17, 15) is 9.18 Å². The second-order valence-corrected chi connectivity index (χ2v) is 7.04. The fourth-order valence-electron chi connectivity index (χ4n) is 2.51. The molecule has 1 aromatic carbocycles. The minimum Gasteiger partial charge on any atom is -0.466 e. The van der Waals surface area contributed by atoms with Gasteiger partial charge in [-0.2, -0.15) is 0 Å². The highest BCUT2D eigenvalue weighted by molar-refractivity contribution is 7.14. The Hall–Kier alpha value is -1.96. The normalized spacial score (nSPS) is 17.2. The molecule has 1 N–H and O–H groups in total. The van der Waals surface area contributed by atoms with Gasteiger partial charge < -0.3 is 10.1 Å². The summed E-state index contributed by atoms with van der Waals surface area (Å²) in [4.78, 5) is 21.0. The predicted molar refractivity (Wildman–Crippen MR) is 95.7 cm³/mol. The Balaban J connectivity index is 2.16. The molecule has 1 atom stereocenters. The first-order valence-corrected chi connectivity index (χ1v) is 8.74. The van der Waals surface area contributed by atoms with Gasteiger partial charge in [0.15, 0.2) is 5.84 Å². The van der Waals surface area contributed by atoms with E-state index >= 15 is 0 Å². The number of rotatable bonds is 3. The number of aromatic nitrogens is 1. The van der Waals surface area contributed by atoms with Crippen molar-refractivity contribution in [1.82, 2.24) is 10.3 Å². The lowest BCUT2D eigenvalue weighted by Gasteiger charge is -2.26. The van der Waals surface area contributed by atoms with Gasteiger partial charge in [-0.25, -0.2) is 14.2 Å². The van der Waals surface area contributed by atoms with Crippen LogP contribution in [0.2, 0.25) is 9.36 Å². The number of methoxy groups -OCH3 is 1. The molecule has 1 aliphatic heterocycles. The van der Waals surface area contributed by atoms with Gasteiger partial charge in [-0.1, -0.05) is 29.3 Å². The molecule has 0 fully saturated rings. The predicted octanol–water partition coefficient (Wildman–Crippen LogP) is 4.13. The molecule has 0 aliphatic carbocycles.